The number of nitrogens with zero attached hydrogens (tertiary/aromatic N) is 2. The number of rotatable bonds is 6. The van der Waals surface area contributed by atoms with Crippen LogP contribution in [0.1, 0.15) is 5.56 Å². The second-order valence-corrected chi connectivity index (χ2v) is 3.84. The summed E-state index contributed by atoms with van der Waals surface area (Å²) in [6, 6.07) is 6.47. The number of oxime groups is 1. The van der Waals surface area contributed by atoms with Crippen LogP contribution < -0.4 is 10.5 Å². The molecule has 0 aliphatic carbocycles. The molecule has 0 aliphatic rings. The minimum atomic E-state index is -0.227. The zero-order valence-corrected chi connectivity index (χ0v) is 10.6. The third kappa shape index (κ3) is 4.47. The Labute approximate surface area is 110 Å². The first-order valence-corrected chi connectivity index (χ1v) is 5.64. The van der Waals surface area contributed by atoms with Crippen LogP contribution in [0, 0.1) is 0 Å². The van der Waals surface area contributed by atoms with Gasteiger partial charge in [0.25, 0.3) is 5.91 Å². The second-order valence-electron chi connectivity index (χ2n) is 3.84. The van der Waals surface area contributed by atoms with Gasteiger partial charge in [-0.3, -0.25) is 4.79 Å². The highest BCUT2D eigenvalue weighted by Gasteiger charge is 2.08. The Bertz CT molecular complexity index is 445. The highest BCUT2D eigenvalue weighted by atomic mass is 16.5. The normalized spacial score (nSPS) is 11.2. The Hall–Kier alpha value is -2.28. The number of hydrogen-bond acceptors (Lipinski definition) is 5. The van der Waals surface area contributed by atoms with E-state index in [9.17, 15) is 4.79 Å². The fourth-order valence-electron chi connectivity index (χ4n) is 1.31. The summed E-state index contributed by atoms with van der Waals surface area (Å²) in [5.41, 5.74) is 5.97. The number of nitrogens with two attached hydrogens (primary N) is 1. The van der Waals surface area contributed by atoms with E-state index in [4.69, 9.17) is 20.8 Å². The molecule has 1 rings (SSSR count). The van der Waals surface area contributed by atoms with Crippen LogP contribution in [0.4, 0.5) is 0 Å². The molecule has 0 aliphatic heterocycles. The highest BCUT2D eigenvalue weighted by molar-refractivity contribution is 5.97. The van der Waals surface area contributed by atoms with Gasteiger partial charge in [0, 0.05) is 19.2 Å². The molecule has 0 spiro atoms. The number of hydrogen-bond donors (Lipinski definition) is 3. The van der Waals surface area contributed by atoms with Crippen LogP contribution in [0.3, 0.4) is 0 Å². The fraction of sp³-hybridized carbons (Fsp3) is 0.333. The van der Waals surface area contributed by atoms with Crippen LogP contribution in [0.5, 0.6) is 5.75 Å². The summed E-state index contributed by atoms with van der Waals surface area (Å²) in [4.78, 5) is 12.9. The maximum atomic E-state index is 11.5. The first-order valence-electron chi connectivity index (χ1n) is 5.64. The minimum Gasteiger partial charge on any atom is -0.484 e. The standard InChI is InChI=1S/C12H17N3O4/c1-15(6-7-16)11(17)8-19-10-4-2-9(3-5-10)12(13)14-18/h2-5,16,18H,6-8H2,1H3,(H2,13,14). The van der Waals surface area contributed by atoms with E-state index in [0.717, 1.165) is 0 Å². The van der Waals surface area contributed by atoms with Gasteiger partial charge in [-0.1, -0.05) is 5.16 Å². The molecule has 19 heavy (non-hydrogen) atoms. The summed E-state index contributed by atoms with van der Waals surface area (Å²) >= 11 is 0. The molecule has 0 saturated heterocycles. The van der Waals surface area contributed by atoms with Crippen LogP contribution in [0.2, 0.25) is 0 Å². The van der Waals surface area contributed by atoms with Crippen molar-refractivity contribution in [1.82, 2.24) is 4.90 Å². The number of aliphatic hydroxyl groups is 1. The summed E-state index contributed by atoms with van der Waals surface area (Å²) in [5.74, 6) is 0.278. The molecule has 0 bridgehead atoms. The van der Waals surface area contributed by atoms with Crippen molar-refractivity contribution in [3.05, 3.63) is 29.8 Å². The maximum Gasteiger partial charge on any atom is 0.260 e. The van der Waals surface area contributed by atoms with Crippen molar-refractivity contribution >= 4 is 11.7 Å². The smallest absolute Gasteiger partial charge is 0.260 e. The molecular formula is C12H17N3O4. The Balaban J connectivity index is 2.52. The lowest BCUT2D eigenvalue weighted by Gasteiger charge is -2.15. The molecule has 0 heterocycles. The van der Waals surface area contributed by atoms with E-state index in [1.165, 1.54) is 4.90 Å². The predicted octanol–water partition coefficient (Wildman–Crippen LogP) is -0.389. The van der Waals surface area contributed by atoms with Gasteiger partial charge in [-0.25, -0.2) is 0 Å². The number of carbonyl (C=O) groups is 1. The maximum absolute atomic E-state index is 11.5. The van der Waals surface area contributed by atoms with Crippen molar-refractivity contribution in [3.8, 4) is 5.75 Å². The average Bonchev–Trinajstić information content (AvgIpc) is 2.44. The molecule has 7 heteroatoms. The lowest BCUT2D eigenvalue weighted by atomic mass is 10.2. The molecule has 0 fully saturated rings. The lowest BCUT2D eigenvalue weighted by Crippen LogP contribution is -2.33. The topological polar surface area (TPSA) is 108 Å². The van der Waals surface area contributed by atoms with E-state index in [-0.39, 0.29) is 31.5 Å². The van der Waals surface area contributed by atoms with E-state index in [1.54, 1.807) is 31.3 Å². The number of amidine groups is 1. The quantitative estimate of drug-likeness (QED) is 0.281. The SMILES string of the molecule is CN(CCO)C(=O)COc1ccc(/C(N)=N/O)cc1. The summed E-state index contributed by atoms with van der Waals surface area (Å²) in [5, 5.41) is 20.1. The van der Waals surface area contributed by atoms with Crippen molar-refractivity contribution in [2.75, 3.05) is 26.8 Å². The van der Waals surface area contributed by atoms with Gasteiger partial charge in [0.05, 0.1) is 6.61 Å². The van der Waals surface area contributed by atoms with E-state index in [0.29, 0.717) is 11.3 Å². The summed E-state index contributed by atoms with van der Waals surface area (Å²) in [6.07, 6.45) is 0. The number of ether oxygens (including phenoxy) is 1. The summed E-state index contributed by atoms with van der Waals surface area (Å²) in [7, 11) is 1.59. The molecule has 0 unspecified atom stereocenters. The number of aliphatic hydroxyl groups excluding tert-OH is 1. The lowest BCUT2D eigenvalue weighted by molar-refractivity contribution is -0.132. The van der Waals surface area contributed by atoms with E-state index >= 15 is 0 Å². The molecule has 104 valence electrons. The van der Waals surface area contributed by atoms with Crippen molar-refractivity contribution in [3.63, 3.8) is 0 Å². The zero-order valence-electron chi connectivity index (χ0n) is 10.6. The van der Waals surface area contributed by atoms with Crippen LogP contribution in [0.25, 0.3) is 0 Å². The van der Waals surface area contributed by atoms with Crippen LogP contribution in [-0.2, 0) is 4.79 Å². The third-order valence-corrected chi connectivity index (χ3v) is 2.48. The van der Waals surface area contributed by atoms with Gasteiger partial charge in [0.15, 0.2) is 12.4 Å². The Morgan fingerprint density at radius 1 is 1.42 bits per heavy atom. The molecule has 0 radical (unpaired) electrons. The Morgan fingerprint density at radius 3 is 2.58 bits per heavy atom. The Morgan fingerprint density at radius 2 is 2.05 bits per heavy atom. The van der Waals surface area contributed by atoms with Crippen molar-refractivity contribution in [1.29, 1.82) is 0 Å². The highest BCUT2D eigenvalue weighted by Crippen LogP contribution is 2.12. The number of likely N-dealkylation sites (N-methyl/N-ethyl adjacent to an activating group) is 1. The summed E-state index contributed by atoms with van der Waals surface area (Å²) < 4.78 is 5.29. The molecule has 0 aromatic heterocycles. The molecular weight excluding hydrogens is 250 g/mol. The monoisotopic (exact) mass is 267 g/mol. The third-order valence-electron chi connectivity index (χ3n) is 2.48. The first kappa shape index (κ1) is 14.8. The molecule has 1 amide bonds. The largest absolute Gasteiger partial charge is 0.484 e. The average molecular weight is 267 g/mol. The van der Waals surface area contributed by atoms with Crippen molar-refractivity contribution in [2.45, 2.75) is 0 Å². The Kier molecular flexibility index (Phi) is 5.62. The van der Waals surface area contributed by atoms with Crippen molar-refractivity contribution < 1.29 is 19.8 Å². The fourth-order valence-corrected chi connectivity index (χ4v) is 1.31. The van der Waals surface area contributed by atoms with Gasteiger partial charge in [-0.15, -0.1) is 0 Å². The second kappa shape index (κ2) is 7.22. The molecule has 1 aromatic carbocycles. The van der Waals surface area contributed by atoms with Gasteiger partial charge < -0.3 is 25.7 Å². The zero-order chi connectivity index (χ0) is 14.3. The molecule has 4 N–H and O–H groups in total. The first-order chi connectivity index (χ1) is 9.08. The van der Waals surface area contributed by atoms with E-state index < -0.39 is 0 Å². The molecule has 0 saturated carbocycles. The summed E-state index contributed by atoms with van der Waals surface area (Å²) in [6.45, 7) is 0.0702. The van der Waals surface area contributed by atoms with Crippen LogP contribution in [0.15, 0.2) is 29.4 Å². The number of carbonyl (C=O) groups excluding carboxylic acids is 1. The van der Waals surface area contributed by atoms with Crippen LogP contribution >= 0.6 is 0 Å². The van der Waals surface area contributed by atoms with Gasteiger partial charge in [-0.2, -0.15) is 0 Å². The predicted molar refractivity (Wildman–Crippen MR) is 69.2 cm³/mol. The van der Waals surface area contributed by atoms with Gasteiger partial charge >= 0.3 is 0 Å². The molecule has 0 atom stereocenters. The van der Waals surface area contributed by atoms with E-state index in [2.05, 4.69) is 5.16 Å². The van der Waals surface area contributed by atoms with Crippen LogP contribution in [-0.4, -0.2) is 53.8 Å². The van der Waals surface area contributed by atoms with Gasteiger partial charge in [0.1, 0.15) is 5.75 Å². The minimum absolute atomic E-state index is 0.00491. The van der Waals surface area contributed by atoms with Gasteiger partial charge in [0.2, 0.25) is 0 Å². The molecule has 1 aromatic rings. The molecule has 7 nitrogen and oxygen atoms in total. The van der Waals surface area contributed by atoms with E-state index in [1.807, 2.05) is 0 Å². The number of amides is 1. The van der Waals surface area contributed by atoms with Crippen molar-refractivity contribution in [2.24, 2.45) is 10.9 Å². The number of benzene rings is 1. The van der Waals surface area contributed by atoms with Gasteiger partial charge in [-0.05, 0) is 24.3 Å².